The Bertz CT molecular complexity index is 639. The van der Waals surface area contributed by atoms with E-state index in [1.54, 1.807) is 20.8 Å². The average Bonchev–Trinajstić information content (AvgIpc) is 2.55. The first-order valence-electron chi connectivity index (χ1n) is 7.52. The minimum atomic E-state index is -0.791. The van der Waals surface area contributed by atoms with Crippen LogP contribution < -0.4 is 14.8 Å². The maximum atomic E-state index is 11.9. The molecule has 0 aliphatic carbocycles. The highest BCUT2D eigenvalue weighted by molar-refractivity contribution is 6.14. The summed E-state index contributed by atoms with van der Waals surface area (Å²) in [5, 5.41) is 2.77. The van der Waals surface area contributed by atoms with Crippen LogP contribution >= 0.6 is 0 Å². The predicted octanol–water partition coefficient (Wildman–Crippen LogP) is 0.978. The molecule has 9 nitrogen and oxygen atoms in total. The summed E-state index contributed by atoms with van der Waals surface area (Å²) >= 11 is 0. The third-order valence-electron chi connectivity index (χ3n) is 2.86. The maximum absolute atomic E-state index is 11.9. The highest BCUT2D eigenvalue weighted by atomic mass is 16.6. The Morgan fingerprint density at radius 1 is 1.12 bits per heavy atom. The lowest BCUT2D eigenvalue weighted by Gasteiger charge is -2.19. The summed E-state index contributed by atoms with van der Waals surface area (Å²) in [7, 11) is 0. The zero-order valence-electron chi connectivity index (χ0n) is 13.7. The van der Waals surface area contributed by atoms with Gasteiger partial charge in [-0.05, 0) is 20.8 Å². The van der Waals surface area contributed by atoms with Gasteiger partial charge in [-0.3, -0.25) is 0 Å². The van der Waals surface area contributed by atoms with Gasteiger partial charge in [0.2, 0.25) is 5.75 Å². The van der Waals surface area contributed by atoms with Gasteiger partial charge in [0.05, 0.1) is 13.2 Å². The molecule has 0 saturated heterocycles. The van der Waals surface area contributed by atoms with E-state index < -0.39 is 11.9 Å². The molecule has 0 unspecified atom stereocenters. The normalized spacial score (nSPS) is 12.1. The first kappa shape index (κ1) is 17.5. The summed E-state index contributed by atoms with van der Waals surface area (Å²) in [5.41, 5.74) is -0.277. The van der Waals surface area contributed by atoms with Crippen LogP contribution in [0.1, 0.15) is 19.7 Å². The largest absolute Gasteiger partial charge is 0.482 e. The van der Waals surface area contributed by atoms with Gasteiger partial charge in [-0.1, -0.05) is 0 Å². The molecule has 1 N–H and O–H groups in total. The van der Waals surface area contributed by atoms with E-state index in [1.165, 1.54) is 6.20 Å². The van der Waals surface area contributed by atoms with E-state index in [2.05, 4.69) is 15.3 Å². The molecule has 0 fully saturated rings. The molecule has 1 aliphatic rings. The number of nitrogens with zero attached hydrogens (tertiary/aromatic N) is 2. The van der Waals surface area contributed by atoms with Crippen molar-refractivity contribution in [1.29, 1.82) is 0 Å². The van der Waals surface area contributed by atoms with Gasteiger partial charge in [-0.25, -0.2) is 14.6 Å². The molecule has 1 aliphatic heterocycles. The van der Waals surface area contributed by atoms with Gasteiger partial charge in [0.25, 0.3) is 5.88 Å². The van der Waals surface area contributed by atoms with E-state index in [-0.39, 0.29) is 24.6 Å². The van der Waals surface area contributed by atoms with Crippen LogP contribution in [0.2, 0.25) is 0 Å². The van der Waals surface area contributed by atoms with E-state index in [4.69, 9.17) is 18.9 Å². The molecule has 0 spiro atoms. The summed E-state index contributed by atoms with van der Waals surface area (Å²) < 4.78 is 20.6. The Labute approximate surface area is 139 Å². The van der Waals surface area contributed by atoms with Crippen LogP contribution in [-0.4, -0.2) is 48.3 Å². The second-order valence-corrected chi connectivity index (χ2v) is 4.59. The van der Waals surface area contributed by atoms with E-state index >= 15 is 0 Å². The molecule has 9 heteroatoms. The molecule has 0 amide bonds. The molecule has 0 aromatic carbocycles. The Morgan fingerprint density at radius 3 is 2.38 bits per heavy atom. The van der Waals surface area contributed by atoms with Gasteiger partial charge in [-0.15, -0.1) is 0 Å². The van der Waals surface area contributed by atoms with Crippen LogP contribution in [0.25, 0.3) is 0 Å². The fraction of sp³-hybridized carbons (Fsp3) is 0.467. The lowest BCUT2D eigenvalue weighted by Crippen LogP contribution is -2.21. The van der Waals surface area contributed by atoms with E-state index in [0.717, 1.165) is 0 Å². The number of rotatable bonds is 6. The highest BCUT2D eigenvalue weighted by Crippen LogP contribution is 2.34. The molecular weight excluding hydrogens is 318 g/mol. The average molecular weight is 337 g/mol. The van der Waals surface area contributed by atoms with Crippen molar-refractivity contribution in [1.82, 2.24) is 9.97 Å². The molecule has 130 valence electrons. The monoisotopic (exact) mass is 337 g/mol. The van der Waals surface area contributed by atoms with Crippen molar-refractivity contribution in [2.75, 3.05) is 31.7 Å². The Kier molecular flexibility index (Phi) is 5.94. The number of anilines is 1. The van der Waals surface area contributed by atoms with Crippen LogP contribution in [0.15, 0.2) is 11.8 Å². The van der Waals surface area contributed by atoms with Crippen LogP contribution in [0.5, 0.6) is 11.6 Å². The number of aryl methyl sites for hydroxylation is 1. The van der Waals surface area contributed by atoms with Crippen molar-refractivity contribution in [3.63, 3.8) is 0 Å². The standard InChI is InChI=1S/C15H19N3O6/c1-4-21-14(19)10(15(20)22-5-2)8-16-12-11-13(18-9(3)17-12)24-7-6-23-11/h8H,4-7H2,1-3H3,(H,16,17,18). The molecule has 0 saturated carbocycles. The van der Waals surface area contributed by atoms with Crippen LogP contribution in [0.4, 0.5) is 5.82 Å². The first-order valence-corrected chi connectivity index (χ1v) is 7.52. The SMILES string of the molecule is CCOC(=O)C(=CNc1nc(C)nc2c1OCCO2)C(=O)OCC. The number of carbonyl (C=O) groups is 2. The number of carbonyl (C=O) groups excluding carboxylic acids is 2. The number of nitrogens with one attached hydrogen (secondary N) is 1. The first-order chi connectivity index (χ1) is 11.6. The molecule has 2 rings (SSSR count). The van der Waals surface area contributed by atoms with Crippen molar-refractivity contribution in [2.24, 2.45) is 0 Å². The van der Waals surface area contributed by atoms with Gasteiger partial charge < -0.3 is 24.3 Å². The topological polar surface area (TPSA) is 109 Å². The van der Waals surface area contributed by atoms with Crippen molar-refractivity contribution < 1.29 is 28.5 Å². The quantitative estimate of drug-likeness (QED) is 0.351. The van der Waals surface area contributed by atoms with Crippen LogP contribution in [0.3, 0.4) is 0 Å². The smallest absolute Gasteiger partial charge is 0.347 e. The number of hydrogen-bond donors (Lipinski definition) is 1. The minimum Gasteiger partial charge on any atom is -0.482 e. The summed E-state index contributed by atoms with van der Waals surface area (Å²) in [6.45, 7) is 5.97. The molecule has 0 radical (unpaired) electrons. The van der Waals surface area contributed by atoms with E-state index in [1.807, 2.05) is 0 Å². The lowest BCUT2D eigenvalue weighted by molar-refractivity contribution is -0.146. The van der Waals surface area contributed by atoms with E-state index in [9.17, 15) is 9.59 Å². The third kappa shape index (κ3) is 4.12. The highest BCUT2D eigenvalue weighted by Gasteiger charge is 2.23. The number of ether oxygens (including phenoxy) is 4. The van der Waals surface area contributed by atoms with Crippen molar-refractivity contribution in [3.05, 3.63) is 17.6 Å². The van der Waals surface area contributed by atoms with Gasteiger partial charge in [0, 0.05) is 6.20 Å². The van der Waals surface area contributed by atoms with Crippen molar-refractivity contribution >= 4 is 17.8 Å². The third-order valence-corrected chi connectivity index (χ3v) is 2.86. The van der Waals surface area contributed by atoms with E-state index in [0.29, 0.717) is 30.7 Å². The van der Waals surface area contributed by atoms with Crippen molar-refractivity contribution in [2.45, 2.75) is 20.8 Å². The zero-order valence-corrected chi connectivity index (χ0v) is 13.7. The summed E-state index contributed by atoms with van der Waals surface area (Å²) in [6, 6.07) is 0. The van der Waals surface area contributed by atoms with Gasteiger partial charge in [0.15, 0.2) is 11.4 Å². The predicted molar refractivity (Wildman–Crippen MR) is 82.7 cm³/mol. The molecule has 1 aromatic heterocycles. The lowest BCUT2D eigenvalue weighted by atomic mass is 10.3. The fourth-order valence-electron chi connectivity index (χ4n) is 1.90. The number of hydrogen-bond acceptors (Lipinski definition) is 9. The Hall–Kier alpha value is -2.84. The Morgan fingerprint density at radius 2 is 1.75 bits per heavy atom. The minimum absolute atomic E-state index is 0.133. The maximum Gasteiger partial charge on any atom is 0.347 e. The van der Waals surface area contributed by atoms with Gasteiger partial charge in [-0.2, -0.15) is 4.98 Å². The van der Waals surface area contributed by atoms with Gasteiger partial charge in [0.1, 0.15) is 19.0 Å². The molecular formula is C15H19N3O6. The van der Waals surface area contributed by atoms with Crippen LogP contribution in [-0.2, 0) is 19.1 Å². The molecule has 2 heterocycles. The number of esters is 2. The number of aromatic nitrogens is 2. The summed E-state index contributed by atoms with van der Waals surface area (Å²) in [6.07, 6.45) is 1.18. The second kappa shape index (κ2) is 8.14. The molecule has 1 aromatic rings. The summed E-state index contributed by atoms with van der Waals surface area (Å²) in [5.74, 6) is -0.235. The zero-order chi connectivity index (χ0) is 17.5. The molecule has 0 bridgehead atoms. The second-order valence-electron chi connectivity index (χ2n) is 4.59. The molecule has 24 heavy (non-hydrogen) atoms. The Balaban J connectivity index is 2.29. The fourth-order valence-corrected chi connectivity index (χ4v) is 1.90. The van der Waals surface area contributed by atoms with Crippen LogP contribution in [0, 0.1) is 6.92 Å². The summed E-state index contributed by atoms with van der Waals surface area (Å²) in [4.78, 5) is 32.2. The van der Waals surface area contributed by atoms with Crippen molar-refractivity contribution in [3.8, 4) is 11.6 Å². The molecule has 0 atom stereocenters. The van der Waals surface area contributed by atoms with Gasteiger partial charge >= 0.3 is 11.9 Å². The number of fused-ring (bicyclic) bond motifs is 1.